The van der Waals surface area contributed by atoms with Gasteiger partial charge in [-0.2, -0.15) is 0 Å². The number of halogens is 1. The SMILES string of the molecule is O=C(CN1CCc2sccc2C1c1cccc(F)c1)N1CCN(C(=O)Nc2ccc([N+](=O)[O-])cc2)CC1. The second kappa shape index (κ2) is 10.7. The monoisotopic (exact) mass is 523 g/mol. The molecule has 0 radical (unpaired) electrons. The predicted octanol–water partition coefficient (Wildman–Crippen LogP) is 4.12. The Kier molecular flexibility index (Phi) is 7.15. The number of nitro groups is 1. The minimum atomic E-state index is -0.495. The van der Waals surface area contributed by atoms with Crippen LogP contribution in [-0.2, 0) is 11.2 Å². The normalized spacial score (nSPS) is 17.8. The molecular weight excluding hydrogens is 497 g/mol. The topological polar surface area (TPSA) is 99.0 Å². The van der Waals surface area contributed by atoms with Gasteiger partial charge < -0.3 is 15.1 Å². The molecule has 37 heavy (non-hydrogen) atoms. The Morgan fingerprint density at radius 3 is 2.46 bits per heavy atom. The zero-order valence-corrected chi connectivity index (χ0v) is 20.8. The molecule has 3 amide bonds. The molecule has 1 unspecified atom stereocenters. The summed E-state index contributed by atoms with van der Waals surface area (Å²) >= 11 is 1.69. The summed E-state index contributed by atoms with van der Waals surface area (Å²) in [7, 11) is 0. The van der Waals surface area contributed by atoms with Crippen LogP contribution in [0.25, 0.3) is 0 Å². The lowest BCUT2D eigenvalue weighted by Gasteiger charge is -2.39. The van der Waals surface area contributed by atoms with E-state index in [1.54, 1.807) is 27.2 Å². The van der Waals surface area contributed by atoms with Crippen LogP contribution in [0.3, 0.4) is 0 Å². The van der Waals surface area contributed by atoms with Gasteiger partial charge in [0.25, 0.3) is 5.69 Å². The van der Waals surface area contributed by atoms with Crippen LogP contribution in [0, 0.1) is 15.9 Å². The number of hydrogen-bond donors (Lipinski definition) is 1. The van der Waals surface area contributed by atoms with Crippen LogP contribution in [-0.4, -0.2) is 70.8 Å². The van der Waals surface area contributed by atoms with Gasteiger partial charge in [0.05, 0.1) is 17.5 Å². The molecule has 1 aromatic heterocycles. The van der Waals surface area contributed by atoms with Crippen molar-refractivity contribution in [2.75, 3.05) is 44.6 Å². The Hall–Kier alpha value is -3.83. The van der Waals surface area contributed by atoms with Gasteiger partial charge in [-0.15, -0.1) is 11.3 Å². The van der Waals surface area contributed by atoms with Gasteiger partial charge >= 0.3 is 6.03 Å². The smallest absolute Gasteiger partial charge is 0.321 e. The van der Waals surface area contributed by atoms with Gasteiger partial charge in [0.2, 0.25) is 5.91 Å². The number of carbonyl (C=O) groups excluding carboxylic acids is 2. The molecule has 1 fully saturated rings. The molecule has 5 rings (SSSR count). The number of rotatable bonds is 5. The maximum atomic E-state index is 14.0. The first-order valence-corrected chi connectivity index (χ1v) is 12.9. The first kappa shape index (κ1) is 24.8. The number of benzene rings is 2. The van der Waals surface area contributed by atoms with E-state index < -0.39 is 4.92 Å². The van der Waals surface area contributed by atoms with Gasteiger partial charge in [-0.1, -0.05) is 12.1 Å². The lowest BCUT2D eigenvalue weighted by Crippen LogP contribution is -2.54. The third kappa shape index (κ3) is 5.47. The summed E-state index contributed by atoms with van der Waals surface area (Å²) in [4.78, 5) is 43.0. The molecule has 9 nitrogen and oxygen atoms in total. The molecule has 2 aliphatic rings. The van der Waals surface area contributed by atoms with Crippen LogP contribution in [0.5, 0.6) is 0 Å². The highest BCUT2D eigenvalue weighted by Gasteiger charge is 2.33. The van der Waals surface area contributed by atoms with Crippen molar-refractivity contribution >= 4 is 34.6 Å². The van der Waals surface area contributed by atoms with Gasteiger partial charge in [-0.25, -0.2) is 9.18 Å². The summed E-state index contributed by atoms with van der Waals surface area (Å²) < 4.78 is 14.0. The summed E-state index contributed by atoms with van der Waals surface area (Å²) in [5, 5.41) is 15.6. The quantitative estimate of drug-likeness (QED) is 0.401. The van der Waals surface area contributed by atoms with Crippen molar-refractivity contribution < 1.29 is 18.9 Å². The molecule has 0 aliphatic carbocycles. The molecule has 0 spiro atoms. The molecule has 0 saturated carbocycles. The first-order valence-electron chi connectivity index (χ1n) is 12.0. The molecule has 11 heteroatoms. The van der Waals surface area contributed by atoms with E-state index in [0.29, 0.717) is 38.4 Å². The Bertz CT molecular complexity index is 1310. The number of hydrogen-bond acceptors (Lipinski definition) is 6. The molecule has 1 atom stereocenters. The lowest BCUT2D eigenvalue weighted by atomic mass is 9.93. The third-order valence-electron chi connectivity index (χ3n) is 6.82. The van der Waals surface area contributed by atoms with Crippen LogP contribution in [0.15, 0.2) is 60.0 Å². The number of nitrogens with zero attached hydrogens (tertiary/aromatic N) is 4. The van der Waals surface area contributed by atoms with E-state index in [4.69, 9.17) is 0 Å². The summed E-state index contributed by atoms with van der Waals surface area (Å²) in [5.41, 5.74) is 2.38. The molecule has 2 aromatic carbocycles. The van der Waals surface area contributed by atoms with E-state index in [2.05, 4.69) is 16.3 Å². The number of anilines is 1. The zero-order chi connectivity index (χ0) is 25.9. The van der Waals surface area contributed by atoms with Crippen molar-refractivity contribution in [2.24, 2.45) is 0 Å². The van der Waals surface area contributed by atoms with E-state index in [9.17, 15) is 24.1 Å². The highest BCUT2D eigenvalue weighted by molar-refractivity contribution is 7.10. The molecule has 0 bridgehead atoms. The van der Waals surface area contributed by atoms with Gasteiger partial charge in [0.15, 0.2) is 0 Å². The van der Waals surface area contributed by atoms with E-state index in [-0.39, 0.29) is 36.0 Å². The molecule has 1 N–H and O–H groups in total. The Balaban J connectivity index is 1.19. The van der Waals surface area contributed by atoms with Crippen molar-refractivity contribution in [3.8, 4) is 0 Å². The lowest BCUT2D eigenvalue weighted by molar-refractivity contribution is -0.384. The predicted molar refractivity (Wildman–Crippen MR) is 138 cm³/mol. The highest BCUT2D eigenvalue weighted by atomic mass is 32.1. The van der Waals surface area contributed by atoms with E-state index in [0.717, 1.165) is 17.5 Å². The number of amides is 3. The maximum Gasteiger partial charge on any atom is 0.321 e. The van der Waals surface area contributed by atoms with Crippen LogP contribution in [0.4, 0.5) is 20.6 Å². The number of thiophene rings is 1. The molecule has 2 aliphatic heterocycles. The number of urea groups is 1. The minimum Gasteiger partial charge on any atom is -0.338 e. The fourth-order valence-corrected chi connectivity index (χ4v) is 5.81. The molecule has 1 saturated heterocycles. The van der Waals surface area contributed by atoms with Crippen molar-refractivity contribution in [1.29, 1.82) is 0 Å². The fourth-order valence-electron chi connectivity index (χ4n) is 4.91. The Morgan fingerprint density at radius 1 is 1.03 bits per heavy atom. The number of carbonyl (C=O) groups is 2. The average molecular weight is 524 g/mol. The number of non-ortho nitro benzene ring substituents is 1. The molecule has 192 valence electrons. The first-order chi connectivity index (χ1) is 17.9. The van der Waals surface area contributed by atoms with Gasteiger partial charge in [0, 0.05) is 55.4 Å². The number of nitro benzene ring substituents is 1. The van der Waals surface area contributed by atoms with Crippen molar-refractivity contribution in [3.63, 3.8) is 0 Å². The van der Waals surface area contributed by atoms with E-state index >= 15 is 0 Å². The van der Waals surface area contributed by atoms with Crippen molar-refractivity contribution in [1.82, 2.24) is 14.7 Å². The average Bonchev–Trinajstić information content (AvgIpc) is 3.38. The third-order valence-corrected chi connectivity index (χ3v) is 7.81. The number of piperazine rings is 1. The Morgan fingerprint density at radius 2 is 1.76 bits per heavy atom. The van der Waals surface area contributed by atoms with Crippen LogP contribution < -0.4 is 5.32 Å². The van der Waals surface area contributed by atoms with Gasteiger partial charge in [0.1, 0.15) is 5.82 Å². The number of fused-ring (bicyclic) bond motifs is 1. The fraction of sp³-hybridized carbons (Fsp3) is 0.308. The van der Waals surface area contributed by atoms with Gasteiger partial charge in [-0.05, 0) is 53.3 Å². The molecule has 3 heterocycles. The van der Waals surface area contributed by atoms with Crippen LogP contribution in [0.2, 0.25) is 0 Å². The number of nitrogens with one attached hydrogen (secondary N) is 1. The Labute approximate surface area is 217 Å². The van der Waals surface area contributed by atoms with E-state index in [1.807, 2.05) is 11.4 Å². The minimum absolute atomic E-state index is 0.0180. The molecular formula is C26H26FN5O4S. The van der Waals surface area contributed by atoms with Gasteiger partial charge in [-0.3, -0.25) is 19.8 Å². The van der Waals surface area contributed by atoms with Crippen LogP contribution in [0.1, 0.15) is 22.0 Å². The summed E-state index contributed by atoms with van der Waals surface area (Å²) in [6.07, 6.45) is 0.850. The summed E-state index contributed by atoms with van der Waals surface area (Å²) in [6.45, 7) is 2.51. The summed E-state index contributed by atoms with van der Waals surface area (Å²) in [6, 6.07) is 13.8. The highest BCUT2D eigenvalue weighted by Crippen LogP contribution is 2.37. The van der Waals surface area contributed by atoms with Crippen LogP contribution >= 0.6 is 11.3 Å². The van der Waals surface area contributed by atoms with Crippen molar-refractivity contribution in [2.45, 2.75) is 12.5 Å². The summed E-state index contributed by atoms with van der Waals surface area (Å²) in [5.74, 6) is -0.315. The second-order valence-corrected chi connectivity index (χ2v) is 10.1. The standard InChI is InChI=1S/C26H26FN5O4S/c27-19-3-1-2-18(16-19)25-22-9-15-37-23(22)8-10-31(25)17-24(33)29-11-13-30(14-12-29)26(34)28-20-4-6-21(7-5-20)32(35)36/h1-7,9,15-16,25H,8,10-14,17H2,(H,28,34). The van der Waals surface area contributed by atoms with E-state index in [1.165, 1.54) is 41.3 Å². The zero-order valence-electron chi connectivity index (χ0n) is 20.0. The molecule has 3 aromatic rings. The maximum absolute atomic E-state index is 14.0. The van der Waals surface area contributed by atoms with Crippen molar-refractivity contribution in [3.05, 3.63) is 91.9 Å². The largest absolute Gasteiger partial charge is 0.338 e. The second-order valence-electron chi connectivity index (χ2n) is 9.08.